The average Bonchev–Trinajstić information content (AvgIpc) is 3.21. The second kappa shape index (κ2) is 10.5. The maximum Gasteiger partial charge on any atom is 0.262 e. The summed E-state index contributed by atoms with van der Waals surface area (Å²) in [5.41, 5.74) is 0.755. The van der Waals surface area contributed by atoms with Gasteiger partial charge in [0, 0.05) is 26.1 Å². The van der Waals surface area contributed by atoms with Crippen LogP contribution in [0.3, 0.4) is 0 Å². The SMILES string of the molecule is O=C1CCC(N2C(=O)c3ccc(C4(O)CCN(Cc5cccc(Oc6ccc(F)cc6)c5)CC4)cc3C2=O)C(=O)N1. The van der Waals surface area contributed by atoms with Gasteiger partial charge < -0.3 is 9.84 Å². The number of fused-ring (bicyclic) bond motifs is 1. The van der Waals surface area contributed by atoms with Gasteiger partial charge in [0.15, 0.2) is 0 Å². The maximum absolute atomic E-state index is 13.2. The molecule has 6 rings (SSSR count). The first kappa shape index (κ1) is 26.8. The van der Waals surface area contributed by atoms with Gasteiger partial charge in [0.05, 0.1) is 16.7 Å². The number of nitrogens with zero attached hydrogens (tertiary/aromatic N) is 2. The Morgan fingerprint density at radius 2 is 1.63 bits per heavy atom. The van der Waals surface area contributed by atoms with Crippen LogP contribution in [-0.4, -0.2) is 57.7 Å². The van der Waals surface area contributed by atoms with Gasteiger partial charge in [-0.2, -0.15) is 0 Å². The summed E-state index contributed by atoms with van der Waals surface area (Å²) in [6.45, 7) is 1.85. The van der Waals surface area contributed by atoms with Crippen molar-refractivity contribution in [1.29, 1.82) is 0 Å². The summed E-state index contributed by atoms with van der Waals surface area (Å²) in [7, 11) is 0. The molecule has 0 saturated carbocycles. The predicted octanol–water partition coefficient (Wildman–Crippen LogP) is 3.50. The Labute approximate surface area is 235 Å². The molecule has 10 heteroatoms. The Bertz CT molecular complexity index is 1550. The summed E-state index contributed by atoms with van der Waals surface area (Å²) in [5.74, 6) is -1.39. The minimum absolute atomic E-state index is 0.0525. The Kier molecular flexibility index (Phi) is 6.88. The van der Waals surface area contributed by atoms with Gasteiger partial charge in [0.1, 0.15) is 23.4 Å². The van der Waals surface area contributed by atoms with Crippen molar-refractivity contribution in [1.82, 2.24) is 15.1 Å². The average molecular weight is 558 g/mol. The van der Waals surface area contributed by atoms with Crippen LogP contribution in [0.15, 0.2) is 66.7 Å². The monoisotopic (exact) mass is 557 g/mol. The number of imide groups is 2. The molecule has 0 radical (unpaired) electrons. The van der Waals surface area contributed by atoms with E-state index < -0.39 is 35.3 Å². The molecule has 210 valence electrons. The lowest BCUT2D eigenvalue weighted by atomic mass is 9.83. The molecule has 2 N–H and O–H groups in total. The fourth-order valence-corrected chi connectivity index (χ4v) is 5.73. The lowest BCUT2D eigenvalue weighted by Gasteiger charge is -2.38. The number of aliphatic hydroxyl groups is 1. The topological polar surface area (TPSA) is 116 Å². The Hall–Kier alpha value is -4.41. The summed E-state index contributed by atoms with van der Waals surface area (Å²) < 4.78 is 19.0. The van der Waals surface area contributed by atoms with Gasteiger partial charge in [-0.15, -0.1) is 0 Å². The molecule has 2 saturated heterocycles. The Morgan fingerprint density at radius 1 is 0.902 bits per heavy atom. The predicted molar refractivity (Wildman–Crippen MR) is 144 cm³/mol. The molecule has 2 fully saturated rings. The second-order valence-electron chi connectivity index (χ2n) is 10.7. The van der Waals surface area contributed by atoms with Gasteiger partial charge in [-0.1, -0.05) is 18.2 Å². The van der Waals surface area contributed by atoms with Crippen molar-refractivity contribution in [3.05, 3.63) is 94.8 Å². The van der Waals surface area contributed by atoms with Crippen molar-refractivity contribution in [2.75, 3.05) is 13.1 Å². The Morgan fingerprint density at radius 3 is 2.37 bits per heavy atom. The van der Waals surface area contributed by atoms with Crippen LogP contribution in [-0.2, 0) is 21.7 Å². The molecule has 9 nitrogen and oxygen atoms in total. The summed E-state index contributed by atoms with van der Waals surface area (Å²) >= 11 is 0. The van der Waals surface area contributed by atoms with E-state index >= 15 is 0 Å². The highest BCUT2D eigenvalue weighted by molar-refractivity contribution is 6.23. The van der Waals surface area contributed by atoms with E-state index in [0.29, 0.717) is 49.5 Å². The zero-order valence-electron chi connectivity index (χ0n) is 22.1. The van der Waals surface area contributed by atoms with Gasteiger partial charge >= 0.3 is 0 Å². The number of benzene rings is 3. The fourth-order valence-electron chi connectivity index (χ4n) is 5.73. The number of nitrogens with one attached hydrogen (secondary N) is 1. The van der Waals surface area contributed by atoms with Crippen molar-refractivity contribution in [2.45, 2.75) is 43.9 Å². The Balaban J connectivity index is 1.11. The summed E-state index contributed by atoms with van der Waals surface area (Å²) in [5, 5.41) is 13.7. The number of amides is 4. The molecule has 4 amide bonds. The quantitative estimate of drug-likeness (QED) is 0.446. The van der Waals surface area contributed by atoms with Crippen LogP contribution in [0.5, 0.6) is 11.5 Å². The van der Waals surface area contributed by atoms with Crippen molar-refractivity contribution in [2.24, 2.45) is 0 Å². The number of carbonyl (C=O) groups excluding carboxylic acids is 4. The largest absolute Gasteiger partial charge is 0.457 e. The number of rotatable bonds is 6. The van der Waals surface area contributed by atoms with E-state index in [1.807, 2.05) is 24.3 Å². The van der Waals surface area contributed by atoms with E-state index in [-0.39, 0.29) is 29.8 Å². The number of hydrogen-bond acceptors (Lipinski definition) is 7. The van der Waals surface area contributed by atoms with Gasteiger partial charge in [-0.05, 0) is 78.9 Å². The molecular formula is C31H28FN3O6. The van der Waals surface area contributed by atoms with Gasteiger partial charge in [0.2, 0.25) is 11.8 Å². The third-order valence-corrected chi connectivity index (χ3v) is 8.01. The van der Waals surface area contributed by atoms with Crippen LogP contribution in [0.4, 0.5) is 4.39 Å². The lowest BCUT2D eigenvalue weighted by Crippen LogP contribution is -2.54. The smallest absolute Gasteiger partial charge is 0.262 e. The molecule has 0 aromatic heterocycles. The number of likely N-dealkylation sites (tertiary alicyclic amines) is 1. The second-order valence-corrected chi connectivity index (χ2v) is 10.7. The van der Waals surface area contributed by atoms with Crippen LogP contribution in [0.25, 0.3) is 0 Å². The molecule has 0 aliphatic carbocycles. The molecule has 1 atom stereocenters. The summed E-state index contributed by atoms with van der Waals surface area (Å²) in [6.07, 6.45) is 0.994. The first-order chi connectivity index (χ1) is 19.7. The first-order valence-electron chi connectivity index (χ1n) is 13.5. The van der Waals surface area contributed by atoms with E-state index in [4.69, 9.17) is 4.74 Å². The van der Waals surface area contributed by atoms with E-state index in [2.05, 4.69) is 10.2 Å². The van der Waals surface area contributed by atoms with Gasteiger partial charge in [0.25, 0.3) is 11.8 Å². The van der Waals surface area contributed by atoms with E-state index in [0.717, 1.165) is 10.5 Å². The highest BCUT2D eigenvalue weighted by Gasteiger charge is 2.45. The maximum atomic E-state index is 13.2. The summed E-state index contributed by atoms with van der Waals surface area (Å²) in [6, 6.07) is 17.2. The van der Waals surface area contributed by atoms with E-state index in [1.165, 1.54) is 18.2 Å². The number of carbonyl (C=O) groups is 4. The number of ether oxygens (including phenoxy) is 1. The van der Waals surface area contributed by atoms with Crippen LogP contribution >= 0.6 is 0 Å². The van der Waals surface area contributed by atoms with Gasteiger partial charge in [-0.25, -0.2) is 4.39 Å². The molecule has 3 aromatic rings. The molecule has 3 aromatic carbocycles. The highest BCUT2D eigenvalue weighted by atomic mass is 19.1. The fraction of sp³-hybridized carbons (Fsp3) is 0.290. The zero-order valence-corrected chi connectivity index (χ0v) is 22.1. The summed E-state index contributed by atoms with van der Waals surface area (Å²) in [4.78, 5) is 53.2. The minimum Gasteiger partial charge on any atom is -0.457 e. The lowest BCUT2D eigenvalue weighted by molar-refractivity contribution is -0.136. The number of piperidine rings is 2. The minimum atomic E-state index is -1.18. The molecule has 3 heterocycles. The van der Waals surface area contributed by atoms with Crippen LogP contribution in [0, 0.1) is 5.82 Å². The number of hydrogen-bond donors (Lipinski definition) is 2. The van der Waals surface area contributed by atoms with Crippen LogP contribution in [0.1, 0.15) is 57.5 Å². The standard InChI is InChI=1S/C31H28FN3O6/c32-21-5-7-22(8-6-21)41-23-3-1-2-19(16-23)18-34-14-12-31(40,13-15-34)20-4-9-24-25(17-20)30(39)35(29(24)38)26-10-11-27(36)33-28(26)37/h1-9,16-17,26,40H,10-15,18H2,(H,33,36,37). The molecule has 0 spiro atoms. The van der Waals surface area contributed by atoms with Crippen molar-refractivity contribution in [3.8, 4) is 11.5 Å². The highest BCUT2D eigenvalue weighted by Crippen LogP contribution is 2.37. The first-order valence-corrected chi connectivity index (χ1v) is 13.5. The van der Waals surface area contributed by atoms with Crippen LogP contribution < -0.4 is 10.1 Å². The van der Waals surface area contributed by atoms with E-state index in [9.17, 15) is 28.7 Å². The molecular weight excluding hydrogens is 529 g/mol. The van der Waals surface area contributed by atoms with Gasteiger partial charge in [-0.3, -0.25) is 34.3 Å². The van der Waals surface area contributed by atoms with E-state index in [1.54, 1.807) is 24.3 Å². The molecule has 0 bridgehead atoms. The van der Waals surface area contributed by atoms with Crippen molar-refractivity contribution in [3.63, 3.8) is 0 Å². The zero-order chi connectivity index (χ0) is 28.7. The van der Waals surface area contributed by atoms with Crippen molar-refractivity contribution >= 4 is 23.6 Å². The molecule has 3 aliphatic heterocycles. The molecule has 3 aliphatic rings. The number of halogens is 1. The molecule has 1 unspecified atom stereocenters. The third-order valence-electron chi connectivity index (χ3n) is 8.01. The normalized spacial score (nSPS) is 20.6. The molecule has 41 heavy (non-hydrogen) atoms. The van der Waals surface area contributed by atoms with Crippen LogP contribution in [0.2, 0.25) is 0 Å². The van der Waals surface area contributed by atoms with Crippen molar-refractivity contribution < 1.29 is 33.4 Å². The third kappa shape index (κ3) is 5.23.